The molecule has 0 N–H and O–H groups in total. The molecule has 0 aliphatic rings. The third-order valence-electron chi connectivity index (χ3n) is 6.34. The summed E-state index contributed by atoms with van der Waals surface area (Å²) in [5.74, 6) is 1.32. The molecule has 1 aromatic carbocycles. The van der Waals surface area contributed by atoms with Crippen molar-refractivity contribution in [1.82, 2.24) is 25.2 Å². The molecule has 0 aliphatic carbocycles. The molecular formula is C25H37N5OSi. The zero-order valence-corrected chi connectivity index (χ0v) is 21.2. The minimum Gasteiger partial charge on any atom is -0.407 e. The van der Waals surface area contributed by atoms with E-state index in [1.807, 2.05) is 18.2 Å². The molecule has 0 radical (unpaired) electrons. The summed E-state index contributed by atoms with van der Waals surface area (Å²) >= 11 is 0. The van der Waals surface area contributed by atoms with Gasteiger partial charge in [0.05, 0.1) is 0 Å². The molecule has 0 saturated carbocycles. The first-order valence-corrected chi connectivity index (χ1v) is 14.6. The quantitative estimate of drug-likeness (QED) is 0.252. The van der Waals surface area contributed by atoms with Gasteiger partial charge in [0.2, 0.25) is 5.82 Å². The first-order chi connectivity index (χ1) is 15.3. The number of hydrogen-bond donors (Lipinski definition) is 0. The summed E-state index contributed by atoms with van der Waals surface area (Å²) in [6.07, 6.45) is 8.35. The number of hydrogen-bond acceptors (Lipinski definition) is 5. The SMILES string of the molecule is CC(C)(C)[Si](C)(C)OC(CCCCCCc1ccccc1)c1nnn(-c2ccccn2)n1. The summed E-state index contributed by atoms with van der Waals surface area (Å²) in [7, 11) is -1.97. The molecule has 2 heterocycles. The van der Waals surface area contributed by atoms with Gasteiger partial charge >= 0.3 is 0 Å². The lowest BCUT2D eigenvalue weighted by Gasteiger charge is -2.38. The van der Waals surface area contributed by atoms with Gasteiger partial charge in [-0.05, 0) is 60.3 Å². The van der Waals surface area contributed by atoms with Crippen molar-refractivity contribution in [3.8, 4) is 5.82 Å². The predicted molar refractivity (Wildman–Crippen MR) is 131 cm³/mol. The van der Waals surface area contributed by atoms with Gasteiger partial charge in [-0.15, -0.1) is 15.0 Å². The molecule has 6 nitrogen and oxygen atoms in total. The van der Waals surface area contributed by atoms with E-state index in [9.17, 15) is 0 Å². The molecule has 0 saturated heterocycles. The fourth-order valence-corrected chi connectivity index (χ4v) is 4.64. The largest absolute Gasteiger partial charge is 0.407 e. The van der Waals surface area contributed by atoms with Crippen LogP contribution in [0, 0.1) is 0 Å². The number of unbranched alkanes of at least 4 members (excludes halogenated alkanes) is 3. The summed E-state index contributed by atoms with van der Waals surface area (Å²) in [6, 6.07) is 16.4. The highest BCUT2D eigenvalue weighted by Gasteiger charge is 2.40. The molecule has 0 bridgehead atoms. The van der Waals surface area contributed by atoms with Gasteiger partial charge in [-0.25, -0.2) is 4.98 Å². The van der Waals surface area contributed by atoms with Crippen LogP contribution in [0.4, 0.5) is 0 Å². The Kier molecular flexibility index (Phi) is 8.31. The van der Waals surface area contributed by atoms with Gasteiger partial charge in [0.15, 0.2) is 14.1 Å². The summed E-state index contributed by atoms with van der Waals surface area (Å²) < 4.78 is 6.75. The van der Waals surface area contributed by atoms with Crippen molar-refractivity contribution in [1.29, 1.82) is 0 Å². The van der Waals surface area contributed by atoms with Crippen LogP contribution in [0.2, 0.25) is 18.1 Å². The number of tetrazole rings is 1. The molecule has 2 aromatic heterocycles. The van der Waals surface area contributed by atoms with Gasteiger partial charge < -0.3 is 4.43 Å². The van der Waals surface area contributed by atoms with E-state index in [1.165, 1.54) is 29.6 Å². The number of pyridine rings is 1. The maximum atomic E-state index is 6.75. The molecule has 1 atom stereocenters. The molecule has 3 rings (SSSR count). The van der Waals surface area contributed by atoms with E-state index in [0.717, 1.165) is 19.3 Å². The molecule has 7 heteroatoms. The molecule has 3 aromatic rings. The molecule has 0 amide bonds. The van der Waals surface area contributed by atoms with E-state index in [-0.39, 0.29) is 11.1 Å². The first kappa shape index (κ1) is 24.3. The number of benzene rings is 1. The zero-order valence-electron chi connectivity index (χ0n) is 20.2. The third-order valence-corrected chi connectivity index (χ3v) is 10.8. The van der Waals surface area contributed by atoms with E-state index in [4.69, 9.17) is 4.43 Å². The van der Waals surface area contributed by atoms with Crippen LogP contribution in [0.1, 0.15) is 70.4 Å². The van der Waals surface area contributed by atoms with Crippen molar-refractivity contribution in [3.05, 3.63) is 66.1 Å². The summed E-state index contributed by atoms with van der Waals surface area (Å²) in [5, 5.41) is 13.3. The van der Waals surface area contributed by atoms with Crippen LogP contribution in [0.5, 0.6) is 0 Å². The maximum absolute atomic E-state index is 6.75. The second-order valence-electron chi connectivity index (χ2n) is 9.93. The minimum absolute atomic E-state index is 0.123. The Hall–Kier alpha value is -2.38. The van der Waals surface area contributed by atoms with Crippen LogP contribution >= 0.6 is 0 Å². The Morgan fingerprint density at radius 2 is 1.66 bits per heavy atom. The summed E-state index contributed by atoms with van der Waals surface area (Å²) in [4.78, 5) is 5.82. The van der Waals surface area contributed by atoms with E-state index >= 15 is 0 Å². The lowest BCUT2D eigenvalue weighted by Crippen LogP contribution is -2.42. The van der Waals surface area contributed by atoms with Crippen LogP contribution in [0.3, 0.4) is 0 Å². The van der Waals surface area contributed by atoms with Gasteiger partial charge in [0.1, 0.15) is 6.10 Å². The lowest BCUT2D eigenvalue weighted by atomic mass is 10.0. The normalized spacial score (nSPS) is 13.3. The van der Waals surface area contributed by atoms with E-state index < -0.39 is 8.32 Å². The van der Waals surface area contributed by atoms with E-state index in [0.29, 0.717) is 11.6 Å². The van der Waals surface area contributed by atoms with Crippen LogP contribution in [-0.2, 0) is 10.8 Å². The van der Waals surface area contributed by atoms with Gasteiger partial charge in [-0.1, -0.05) is 76.4 Å². The fraction of sp³-hybridized carbons (Fsp3) is 0.520. The van der Waals surface area contributed by atoms with Crippen molar-refractivity contribution in [2.45, 2.75) is 83.5 Å². The zero-order chi connectivity index (χ0) is 23.0. The van der Waals surface area contributed by atoms with Gasteiger partial charge in [0, 0.05) is 6.20 Å². The number of aryl methyl sites for hydroxylation is 1. The molecule has 0 spiro atoms. The minimum atomic E-state index is -1.97. The lowest BCUT2D eigenvalue weighted by molar-refractivity contribution is 0.160. The van der Waals surface area contributed by atoms with Gasteiger partial charge in [-0.2, -0.15) is 0 Å². The smallest absolute Gasteiger partial charge is 0.202 e. The Bertz CT molecular complexity index is 938. The van der Waals surface area contributed by atoms with Crippen LogP contribution in [-0.4, -0.2) is 33.5 Å². The second-order valence-corrected chi connectivity index (χ2v) is 14.7. The highest BCUT2D eigenvalue weighted by atomic mass is 28.4. The number of nitrogens with zero attached hydrogens (tertiary/aromatic N) is 5. The number of rotatable bonds is 11. The number of aromatic nitrogens is 5. The molecule has 1 unspecified atom stereocenters. The standard InChI is InChI=1S/C25H37N5OSi/c1-25(2,3)32(4,5)31-22(18-12-7-6-9-15-21-16-10-8-11-17-21)24-27-29-30(28-24)23-19-13-14-20-26-23/h8,10-11,13-14,16-17,19-20,22H,6-7,9,12,15,18H2,1-5H3. The average Bonchev–Trinajstić information content (AvgIpc) is 3.26. The van der Waals surface area contributed by atoms with Crippen LogP contribution in [0.25, 0.3) is 5.82 Å². The van der Waals surface area contributed by atoms with Gasteiger partial charge in [-0.3, -0.25) is 0 Å². The summed E-state index contributed by atoms with van der Waals surface area (Å²) in [6.45, 7) is 11.3. The van der Waals surface area contributed by atoms with Crippen molar-refractivity contribution in [2.75, 3.05) is 0 Å². The third kappa shape index (κ3) is 6.81. The Morgan fingerprint density at radius 1 is 0.938 bits per heavy atom. The predicted octanol–water partition coefficient (Wildman–Crippen LogP) is 6.31. The first-order valence-electron chi connectivity index (χ1n) is 11.7. The molecule has 0 aliphatic heterocycles. The van der Waals surface area contributed by atoms with Gasteiger partial charge in [0.25, 0.3) is 0 Å². The maximum Gasteiger partial charge on any atom is 0.202 e. The molecular weight excluding hydrogens is 414 g/mol. The monoisotopic (exact) mass is 451 g/mol. The second kappa shape index (κ2) is 11.0. The highest BCUT2D eigenvalue weighted by Crippen LogP contribution is 2.40. The van der Waals surface area contributed by atoms with Crippen LogP contribution < -0.4 is 0 Å². The van der Waals surface area contributed by atoms with Crippen molar-refractivity contribution >= 4 is 8.32 Å². The van der Waals surface area contributed by atoms with E-state index in [1.54, 1.807) is 6.20 Å². The molecule has 172 valence electrons. The Morgan fingerprint density at radius 3 is 2.34 bits per heavy atom. The molecule has 0 fully saturated rings. The van der Waals surface area contributed by atoms with E-state index in [2.05, 4.69) is 84.6 Å². The van der Waals surface area contributed by atoms with Crippen molar-refractivity contribution in [3.63, 3.8) is 0 Å². The molecule has 32 heavy (non-hydrogen) atoms. The Labute approximate surface area is 193 Å². The Balaban J connectivity index is 1.60. The van der Waals surface area contributed by atoms with Crippen molar-refractivity contribution < 1.29 is 4.43 Å². The summed E-state index contributed by atoms with van der Waals surface area (Å²) in [5.41, 5.74) is 1.42. The van der Waals surface area contributed by atoms with Crippen LogP contribution in [0.15, 0.2) is 54.7 Å². The highest BCUT2D eigenvalue weighted by molar-refractivity contribution is 6.74. The fourth-order valence-electron chi connectivity index (χ4n) is 3.35. The average molecular weight is 452 g/mol. The van der Waals surface area contributed by atoms with Crippen molar-refractivity contribution in [2.24, 2.45) is 0 Å². The topological polar surface area (TPSA) is 65.7 Å².